The van der Waals surface area contributed by atoms with Crippen LogP contribution in [-0.4, -0.2) is 69.6 Å². The zero-order chi connectivity index (χ0) is 16.0. The van der Waals surface area contributed by atoms with Crippen molar-refractivity contribution in [3.63, 3.8) is 0 Å². The van der Waals surface area contributed by atoms with Gasteiger partial charge in [0, 0.05) is 6.04 Å². The van der Waals surface area contributed by atoms with Crippen LogP contribution in [0.4, 0.5) is 4.79 Å². The summed E-state index contributed by atoms with van der Waals surface area (Å²) >= 11 is 0. The summed E-state index contributed by atoms with van der Waals surface area (Å²) in [4.78, 5) is 46.9. The first kappa shape index (κ1) is 16.7. The lowest BCUT2D eigenvalue weighted by Gasteiger charge is -2.32. The standard InChI is InChI=1S/C12H19N3O6/c13-9(16)5-15(8-3-1-2-4-8)12(21)14(6-10(17)18)7-11(19)20/h8H,1-7H2,(H2,13,16)(H,17,18)(H,19,20). The molecule has 0 aromatic carbocycles. The predicted molar refractivity (Wildman–Crippen MR) is 70.4 cm³/mol. The second-order valence-corrected chi connectivity index (χ2v) is 4.96. The summed E-state index contributed by atoms with van der Waals surface area (Å²) in [7, 11) is 0. The molecular weight excluding hydrogens is 282 g/mol. The van der Waals surface area contributed by atoms with E-state index in [1.807, 2.05) is 0 Å². The first-order valence-corrected chi connectivity index (χ1v) is 6.58. The molecule has 0 aliphatic heterocycles. The second-order valence-electron chi connectivity index (χ2n) is 4.96. The molecule has 0 atom stereocenters. The molecule has 1 fully saturated rings. The van der Waals surface area contributed by atoms with Crippen molar-refractivity contribution in [1.29, 1.82) is 0 Å². The van der Waals surface area contributed by atoms with Crippen LogP contribution in [0.15, 0.2) is 0 Å². The van der Waals surface area contributed by atoms with Crippen molar-refractivity contribution in [2.75, 3.05) is 19.6 Å². The van der Waals surface area contributed by atoms with Gasteiger partial charge in [0.2, 0.25) is 5.91 Å². The average Bonchev–Trinajstić information content (AvgIpc) is 2.86. The zero-order valence-electron chi connectivity index (χ0n) is 11.5. The van der Waals surface area contributed by atoms with Gasteiger partial charge in [0.25, 0.3) is 0 Å². The van der Waals surface area contributed by atoms with Gasteiger partial charge in [-0.05, 0) is 12.8 Å². The van der Waals surface area contributed by atoms with Crippen LogP contribution in [-0.2, 0) is 14.4 Å². The van der Waals surface area contributed by atoms with Crippen molar-refractivity contribution in [1.82, 2.24) is 9.80 Å². The monoisotopic (exact) mass is 301 g/mol. The van der Waals surface area contributed by atoms with Crippen molar-refractivity contribution >= 4 is 23.9 Å². The van der Waals surface area contributed by atoms with E-state index in [4.69, 9.17) is 15.9 Å². The molecule has 1 aliphatic rings. The van der Waals surface area contributed by atoms with Gasteiger partial charge in [-0.3, -0.25) is 14.4 Å². The quantitative estimate of drug-likeness (QED) is 0.568. The van der Waals surface area contributed by atoms with E-state index in [0.29, 0.717) is 17.7 Å². The summed E-state index contributed by atoms with van der Waals surface area (Å²) in [6, 6.07) is -0.999. The fraction of sp³-hybridized carbons (Fsp3) is 0.667. The van der Waals surface area contributed by atoms with Crippen LogP contribution in [0.2, 0.25) is 0 Å². The van der Waals surface area contributed by atoms with Gasteiger partial charge >= 0.3 is 18.0 Å². The van der Waals surface area contributed by atoms with Crippen LogP contribution in [0.5, 0.6) is 0 Å². The molecule has 1 aliphatic carbocycles. The van der Waals surface area contributed by atoms with Crippen LogP contribution in [0.1, 0.15) is 25.7 Å². The number of nitrogens with two attached hydrogens (primary N) is 1. The van der Waals surface area contributed by atoms with Crippen molar-refractivity contribution < 1.29 is 29.4 Å². The maximum absolute atomic E-state index is 12.4. The third-order valence-electron chi connectivity index (χ3n) is 3.26. The van der Waals surface area contributed by atoms with E-state index < -0.39 is 37.0 Å². The third kappa shape index (κ3) is 5.28. The molecular formula is C12H19N3O6. The number of carbonyl (C=O) groups excluding carboxylic acids is 2. The highest BCUT2D eigenvalue weighted by Crippen LogP contribution is 2.24. The molecule has 0 aromatic rings. The number of carboxylic acid groups (broad SMARTS) is 2. The van der Waals surface area contributed by atoms with Crippen molar-refractivity contribution in [2.24, 2.45) is 5.73 Å². The fourth-order valence-corrected chi connectivity index (χ4v) is 2.44. The maximum Gasteiger partial charge on any atom is 0.323 e. The number of aliphatic carboxylic acids is 2. The smallest absolute Gasteiger partial charge is 0.323 e. The Kier molecular flexibility index (Phi) is 5.94. The molecule has 0 saturated heterocycles. The molecule has 0 radical (unpaired) electrons. The SMILES string of the molecule is NC(=O)CN(C(=O)N(CC(=O)O)CC(=O)O)C1CCCC1. The lowest BCUT2D eigenvalue weighted by atomic mass is 10.2. The molecule has 0 aromatic heterocycles. The number of rotatable bonds is 7. The maximum atomic E-state index is 12.4. The molecule has 0 unspecified atom stereocenters. The van der Waals surface area contributed by atoms with Crippen molar-refractivity contribution in [3.05, 3.63) is 0 Å². The van der Waals surface area contributed by atoms with Gasteiger partial charge in [0.05, 0.1) is 0 Å². The summed E-state index contributed by atoms with van der Waals surface area (Å²) in [6.45, 7) is -1.83. The molecule has 9 heteroatoms. The Balaban J connectivity index is 2.89. The van der Waals surface area contributed by atoms with Crippen LogP contribution < -0.4 is 5.73 Å². The van der Waals surface area contributed by atoms with Crippen LogP contribution in [0.25, 0.3) is 0 Å². The first-order chi connectivity index (χ1) is 9.81. The van der Waals surface area contributed by atoms with Crippen LogP contribution >= 0.6 is 0 Å². The molecule has 0 bridgehead atoms. The molecule has 1 rings (SSSR count). The van der Waals surface area contributed by atoms with E-state index in [-0.39, 0.29) is 12.6 Å². The molecule has 0 heterocycles. The van der Waals surface area contributed by atoms with E-state index in [1.54, 1.807) is 0 Å². The summed E-state index contributed by atoms with van der Waals surface area (Å²) in [6.07, 6.45) is 3.16. The Labute approximate surface area is 121 Å². The largest absolute Gasteiger partial charge is 0.480 e. The summed E-state index contributed by atoms with van der Waals surface area (Å²) in [5.41, 5.74) is 5.12. The Morgan fingerprint density at radius 2 is 1.43 bits per heavy atom. The molecule has 118 valence electrons. The molecule has 21 heavy (non-hydrogen) atoms. The van der Waals surface area contributed by atoms with Gasteiger partial charge < -0.3 is 25.7 Å². The number of amides is 3. The highest BCUT2D eigenvalue weighted by atomic mass is 16.4. The van der Waals surface area contributed by atoms with Gasteiger partial charge in [0.15, 0.2) is 0 Å². The highest BCUT2D eigenvalue weighted by Gasteiger charge is 2.32. The van der Waals surface area contributed by atoms with E-state index in [1.165, 1.54) is 4.90 Å². The first-order valence-electron chi connectivity index (χ1n) is 6.58. The molecule has 1 saturated carbocycles. The fourth-order valence-electron chi connectivity index (χ4n) is 2.44. The Morgan fingerprint density at radius 1 is 0.952 bits per heavy atom. The van der Waals surface area contributed by atoms with Crippen LogP contribution in [0.3, 0.4) is 0 Å². The van der Waals surface area contributed by atoms with Crippen molar-refractivity contribution in [3.8, 4) is 0 Å². The van der Waals surface area contributed by atoms with Crippen LogP contribution in [0, 0.1) is 0 Å². The number of urea groups is 1. The minimum absolute atomic E-state index is 0.213. The molecule has 0 spiro atoms. The number of hydrogen-bond acceptors (Lipinski definition) is 4. The lowest BCUT2D eigenvalue weighted by Crippen LogP contribution is -2.52. The van der Waals surface area contributed by atoms with E-state index in [0.717, 1.165) is 12.8 Å². The number of primary amides is 1. The Bertz CT molecular complexity index is 417. The Hall–Kier alpha value is -2.32. The summed E-state index contributed by atoms with van der Waals surface area (Å²) in [5.74, 6) is -3.37. The van der Waals surface area contributed by atoms with E-state index >= 15 is 0 Å². The number of carbonyl (C=O) groups is 4. The normalized spacial score (nSPS) is 14.7. The minimum atomic E-state index is -1.32. The third-order valence-corrected chi connectivity index (χ3v) is 3.26. The summed E-state index contributed by atoms with van der Waals surface area (Å²) in [5, 5.41) is 17.6. The molecule has 4 N–H and O–H groups in total. The van der Waals surface area contributed by atoms with Gasteiger partial charge in [0.1, 0.15) is 19.6 Å². The Morgan fingerprint density at radius 3 is 1.81 bits per heavy atom. The average molecular weight is 301 g/mol. The minimum Gasteiger partial charge on any atom is -0.480 e. The second kappa shape index (κ2) is 7.46. The van der Waals surface area contributed by atoms with Gasteiger partial charge in [-0.1, -0.05) is 12.8 Å². The van der Waals surface area contributed by atoms with E-state index in [2.05, 4.69) is 0 Å². The zero-order valence-corrected chi connectivity index (χ0v) is 11.5. The number of hydrogen-bond donors (Lipinski definition) is 3. The van der Waals surface area contributed by atoms with Crippen molar-refractivity contribution in [2.45, 2.75) is 31.7 Å². The highest BCUT2D eigenvalue weighted by molar-refractivity contribution is 5.87. The number of nitrogens with zero attached hydrogens (tertiary/aromatic N) is 2. The molecule has 9 nitrogen and oxygen atoms in total. The molecule has 3 amide bonds. The predicted octanol–water partition coefficient (Wildman–Crippen LogP) is -0.692. The lowest BCUT2D eigenvalue weighted by molar-refractivity contribution is -0.140. The summed E-state index contributed by atoms with van der Waals surface area (Å²) < 4.78 is 0. The topological polar surface area (TPSA) is 141 Å². The number of carboxylic acids is 2. The van der Waals surface area contributed by atoms with E-state index in [9.17, 15) is 19.2 Å². The van der Waals surface area contributed by atoms with Gasteiger partial charge in [-0.25, -0.2) is 4.79 Å². The van der Waals surface area contributed by atoms with Gasteiger partial charge in [-0.2, -0.15) is 0 Å². The van der Waals surface area contributed by atoms with Gasteiger partial charge in [-0.15, -0.1) is 0 Å².